The maximum atomic E-state index is 12.7. The van der Waals surface area contributed by atoms with E-state index >= 15 is 0 Å². The zero-order valence-electron chi connectivity index (χ0n) is 16.2. The van der Waals surface area contributed by atoms with Crippen LogP contribution in [0, 0.1) is 0 Å². The van der Waals surface area contributed by atoms with Gasteiger partial charge in [0.2, 0.25) is 0 Å². The van der Waals surface area contributed by atoms with Crippen LogP contribution in [-0.4, -0.2) is 56.9 Å². The quantitative estimate of drug-likeness (QED) is 0.550. The first-order chi connectivity index (χ1) is 13.1. The summed E-state index contributed by atoms with van der Waals surface area (Å²) in [5.41, 5.74) is 0.579. The second-order valence-corrected chi connectivity index (χ2v) is 6.16. The van der Waals surface area contributed by atoms with Gasteiger partial charge in [0, 0.05) is 37.9 Å². The third-order valence-electron chi connectivity index (χ3n) is 4.37. The first kappa shape index (κ1) is 21.2. The molecule has 2 rings (SSSR count). The monoisotopic (exact) mass is 385 g/mol. The van der Waals surface area contributed by atoms with Crippen molar-refractivity contribution in [2.45, 2.75) is 45.9 Å². The number of hydrogen-bond acceptors (Lipinski definition) is 4. The van der Waals surface area contributed by atoms with Gasteiger partial charge in [0.1, 0.15) is 11.5 Å². The van der Waals surface area contributed by atoms with E-state index in [0.29, 0.717) is 17.4 Å². The number of rotatable bonds is 8. The van der Waals surface area contributed by atoms with Crippen molar-refractivity contribution in [3.63, 3.8) is 0 Å². The summed E-state index contributed by atoms with van der Waals surface area (Å²) in [7, 11) is 1.48. The average molecular weight is 385 g/mol. The number of benzene rings is 1. The lowest BCUT2D eigenvalue weighted by atomic mass is 10.1. The Kier molecular flexibility index (Phi) is 8.57. The molecule has 1 fully saturated rings. The number of halogens is 2. The molecular weight excluding hydrogens is 356 g/mol. The molecule has 27 heavy (non-hydrogen) atoms. The van der Waals surface area contributed by atoms with Crippen molar-refractivity contribution in [3.8, 4) is 11.5 Å². The molecule has 152 valence electrons. The van der Waals surface area contributed by atoms with Gasteiger partial charge >= 0.3 is 6.61 Å². The molecule has 0 atom stereocenters. The van der Waals surface area contributed by atoms with Gasteiger partial charge in [0.25, 0.3) is 0 Å². The number of nitrogens with one attached hydrogen (secondary N) is 1. The zero-order valence-corrected chi connectivity index (χ0v) is 16.2. The Hall–Kier alpha value is -2.09. The number of aliphatic imine (C=N–C) groups is 1. The number of guanidine groups is 1. The summed E-state index contributed by atoms with van der Waals surface area (Å²) in [4.78, 5) is 6.80. The fourth-order valence-electron chi connectivity index (χ4n) is 3.05. The molecule has 1 aromatic rings. The molecule has 0 unspecified atom stereocenters. The van der Waals surface area contributed by atoms with Gasteiger partial charge in [0.05, 0.1) is 19.8 Å². The number of nitrogens with zero attached hydrogens (tertiary/aromatic N) is 2. The molecule has 0 spiro atoms. The van der Waals surface area contributed by atoms with Crippen molar-refractivity contribution in [2.75, 3.05) is 33.4 Å². The van der Waals surface area contributed by atoms with E-state index < -0.39 is 6.61 Å². The molecule has 0 amide bonds. The minimum absolute atomic E-state index is 0.0824. The topological polar surface area (TPSA) is 55.3 Å². The van der Waals surface area contributed by atoms with E-state index in [1.807, 2.05) is 13.8 Å². The molecule has 0 bridgehead atoms. The largest absolute Gasteiger partial charge is 0.497 e. The molecule has 1 saturated heterocycles. The van der Waals surface area contributed by atoms with Crippen LogP contribution in [0.3, 0.4) is 0 Å². The fourth-order valence-corrected chi connectivity index (χ4v) is 3.05. The van der Waals surface area contributed by atoms with Crippen molar-refractivity contribution >= 4 is 5.96 Å². The Morgan fingerprint density at radius 2 is 2.04 bits per heavy atom. The third kappa shape index (κ3) is 6.53. The van der Waals surface area contributed by atoms with E-state index in [9.17, 15) is 8.78 Å². The molecule has 0 aromatic heterocycles. The van der Waals surface area contributed by atoms with Gasteiger partial charge in [-0.3, -0.25) is 0 Å². The van der Waals surface area contributed by atoms with Crippen LogP contribution in [0.15, 0.2) is 23.2 Å². The van der Waals surface area contributed by atoms with Crippen LogP contribution in [0.2, 0.25) is 0 Å². The second-order valence-electron chi connectivity index (χ2n) is 6.16. The van der Waals surface area contributed by atoms with E-state index in [1.54, 1.807) is 12.1 Å². The minimum Gasteiger partial charge on any atom is -0.497 e. The molecule has 1 heterocycles. The number of likely N-dealkylation sites (tertiary alicyclic amines) is 1. The third-order valence-corrected chi connectivity index (χ3v) is 4.37. The van der Waals surface area contributed by atoms with Crippen LogP contribution >= 0.6 is 0 Å². The normalized spacial score (nSPS) is 15.9. The molecule has 0 saturated carbocycles. The van der Waals surface area contributed by atoms with E-state index in [-0.39, 0.29) is 12.3 Å². The number of hydrogen-bond donors (Lipinski definition) is 1. The molecule has 0 radical (unpaired) electrons. The van der Waals surface area contributed by atoms with Gasteiger partial charge in [-0.2, -0.15) is 8.78 Å². The first-order valence-electron chi connectivity index (χ1n) is 9.33. The standard InChI is InChI=1S/C19H29F2N3O3/c1-4-22-19(24-10-8-15(9-11-24)26-5-2)23-13-14-6-7-16(25-3)12-17(14)27-18(20)21/h6-7,12,15,18H,4-5,8-11,13H2,1-3H3,(H,22,23). The number of ether oxygens (including phenoxy) is 3. The second kappa shape index (κ2) is 10.9. The van der Waals surface area contributed by atoms with Crippen molar-refractivity contribution in [1.82, 2.24) is 10.2 Å². The molecule has 1 N–H and O–H groups in total. The maximum Gasteiger partial charge on any atom is 0.387 e. The molecule has 0 aliphatic carbocycles. The summed E-state index contributed by atoms with van der Waals surface area (Å²) in [6.07, 6.45) is 2.18. The average Bonchev–Trinajstić information content (AvgIpc) is 2.66. The lowest BCUT2D eigenvalue weighted by molar-refractivity contribution is -0.0505. The predicted molar refractivity (Wildman–Crippen MR) is 101 cm³/mol. The SMILES string of the molecule is CCNC(=NCc1ccc(OC)cc1OC(F)F)N1CCC(OCC)CC1. The fraction of sp³-hybridized carbons (Fsp3) is 0.632. The molecule has 1 aliphatic rings. The summed E-state index contributed by atoms with van der Waals surface area (Å²) in [6.45, 7) is 4.49. The molecule has 8 heteroatoms. The Labute approximate surface area is 159 Å². The lowest BCUT2D eigenvalue weighted by Gasteiger charge is -2.34. The molecule has 1 aliphatic heterocycles. The summed E-state index contributed by atoms with van der Waals surface area (Å²) < 4.78 is 40.8. The Balaban J connectivity index is 2.10. The van der Waals surface area contributed by atoms with Crippen LogP contribution in [0.25, 0.3) is 0 Å². The summed E-state index contributed by atoms with van der Waals surface area (Å²) in [6, 6.07) is 4.87. The zero-order chi connectivity index (χ0) is 19.6. The van der Waals surface area contributed by atoms with E-state index in [1.165, 1.54) is 13.2 Å². The maximum absolute atomic E-state index is 12.7. The Morgan fingerprint density at radius 1 is 1.30 bits per heavy atom. The number of piperidine rings is 1. The van der Waals surface area contributed by atoms with Crippen molar-refractivity contribution < 1.29 is 23.0 Å². The highest BCUT2D eigenvalue weighted by atomic mass is 19.3. The van der Waals surface area contributed by atoms with E-state index in [2.05, 4.69) is 19.9 Å². The minimum atomic E-state index is -2.90. The van der Waals surface area contributed by atoms with Crippen LogP contribution in [0.1, 0.15) is 32.3 Å². The van der Waals surface area contributed by atoms with Gasteiger partial charge in [-0.25, -0.2) is 4.99 Å². The Morgan fingerprint density at radius 3 is 2.63 bits per heavy atom. The van der Waals surface area contributed by atoms with Crippen molar-refractivity contribution in [2.24, 2.45) is 4.99 Å². The van der Waals surface area contributed by atoms with E-state index in [0.717, 1.165) is 45.0 Å². The molecular formula is C19H29F2N3O3. The van der Waals surface area contributed by atoms with Gasteiger partial charge in [0.15, 0.2) is 5.96 Å². The highest BCUT2D eigenvalue weighted by Gasteiger charge is 2.21. The molecule has 6 nitrogen and oxygen atoms in total. The van der Waals surface area contributed by atoms with Gasteiger partial charge < -0.3 is 24.4 Å². The highest BCUT2D eigenvalue weighted by molar-refractivity contribution is 5.80. The number of alkyl halides is 2. The van der Waals surface area contributed by atoms with Gasteiger partial charge in [-0.05, 0) is 38.8 Å². The van der Waals surface area contributed by atoms with E-state index in [4.69, 9.17) is 9.47 Å². The van der Waals surface area contributed by atoms with Crippen LogP contribution in [0.5, 0.6) is 11.5 Å². The summed E-state index contributed by atoms with van der Waals surface area (Å²) in [5, 5.41) is 3.27. The number of methoxy groups -OCH3 is 1. The molecule has 1 aromatic carbocycles. The van der Waals surface area contributed by atoms with Crippen LogP contribution in [-0.2, 0) is 11.3 Å². The summed E-state index contributed by atoms with van der Waals surface area (Å²) >= 11 is 0. The first-order valence-corrected chi connectivity index (χ1v) is 9.33. The van der Waals surface area contributed by atoms with Gasteiger partial charge in [-0.1, -0.05) is 0 Å². The predicted octanol–water partition coefficient (Wildman–Crippen LogP) is 3.26. The summed E-state index contributed by atoms with van der Waals surface area (Å²) in [5.74, 6) is 1.31. The Bertz CT molecular complexity index is 606. The van der Waals surface area contributed by atoms with Crippen molar-refractivity contribution in [3.05, 3.63) is 23.8 Å². The van der Waals surface area contributed by atoms with Crippen LogP contribution in [0.4, 0.5) is 8.78 Å². The smallest absolute Gasteiger partial charge is 0.387 e. The van der Waals surface area contributed by atoms with Crippen molar-refractivity contribution in [1.29, 1.82) is 0 Å². The highest BCUT2D eigenvalue weighted by Crippen LogP contribution is 2.27. The van der Waals surface area contributed by atoms with Crippen LogP contribution < -0.4 is 14.8 Å². The lowest BCUT2D eigenvalue weighted by Crippen LogP contribution is -2.47. The van der Waals surface area contributed by atoms with Gasteiger partial charge in [-0.15, -0.1) is 0 Å².